The molecule has 0 saturated carbocycles. The molecular formula is C12H22N4O. The zero-order valence-electron chi connectivity index (χ0n) is 11.2. The van der Waals surface area contributed by atoms with Crippen molar-refractivity contribution in [2.45, 2.75) is 31.8 Å². The Labute approximate surface area is 103 Å². The molecule has 1 rings (SSSR count). The summed E-state index contributed by atoms with van der Waals surface area (Å²) in [5.74, 6) is -0.0263. The molecule has 1 unspecified atom stereocenters. The predicted molar refractivity (Wildman–Crippen MR) is 66.4 cm³/mol. The van der Waals surface area contributed by atoms with Crippen LogP contribution in [0.25, 0.3) is 0 Å². The van der Waals surface area contributed by atoms with Crippen LogP contribution in [0, 0.1) is 11.3 Å². The summed E-state index contributed by atoms with van der Waals surface area (Å²) in [5.41, 5.74) is -0.213. The summed E-state index contributed by atoms with van der Waals surface area (Å²) in [4.78, 5) is 16.1. The molecule has 1 N–H and O–H groups in total. The summed E-state index contributed by atoms with van der Waals surface area (Å²) in [6.45, 7) is 6.52. The highest BCUT2D eigenvalue weighted by atomic mass is 16.2. The van der Waals surface area contributed by atoms with E-state index in [1.54, 1.807) is 0 Å². The van der Waals surface area contributed by atoms with Crippen LogP contribution in [0.3, 0.4) is 0 Å². The standard InChI is InChI=1S/C12H22N4O/c1-12(2)9-16(8-7-15(3)4)10(5-6-13)11(17)14-12/h10H,5,7-9H2,1-4H3,(H,14,17). The normalized spacial score (nSPS) is 24.5. The highest BCUT2D eigenvalue weighted by Gasteiger charge is 2.37. The van der Waals surface area contributed by atoms with Gasteiger partial charge in [-0.3, -0.25) is 9.69 Å². The second-order valence-electron chi connectivity index (χ2n) is 5.52. The lowest BCUT2D eigenvalue weighted by molar-refractivity contribution is -0.132. The van der Waals surface area contributed by atoms with Gasteiger partial charge < -0.3 is 10.2 Å². The van der Waals surface area contributed by atoms with Crippen molar-refractivity contribution in [2.75, 3.05) is 33.7 Å². The van der Waals surface area contributed by atoms with E-state index in [4.69, 9.17) is 5.26 Å². The quantitative estimate of drug-likeness (QED) is 0.751. The highest BCUT2D eigenvalue weighted by molar-refractivity contribution is 5.83. The van der Waals surface area contributed by atoms with Gasteiger partial charge in [0, 0.05) is 25.2 Å². The molecule has 0 aromatic heterocycles. The second-order valence-corrected chi connectivity index (χ2v) is 5.52. The maximum atomic E-state index is 11.9. The first-order chi connectivity index (χ1) is 7.85. The number of nitrogens with zero attached hydrogens (tertiary/aromatic N) is 3. The minimum absolute atomic E-state index is 0.0263. The molecule has 0 radical (unpaired) electrons. The molecule has 1 atom stereocenters. The molecular weight excluding hydrogens is 216 g/mol. The Kier molecular flexibility index (Phi) is 4.49. The van der Waals surface area contributed by atoms with Crippen LogP contribution >= 0.6 is 0 Å². The van der Waals surface area contributed by atoms with E-state index in [0.717, 1.165) is 19.6 Å². The maximum absolute atomic E-state index is 11.9. The Balaban J connectivity index is 2.72. The Morgan fingerprint density at radius 1 is 1.59 bits per heavy atom. The van der Waals surface area contributed by atoms with Gasteiger partial charge in [0.05, 0.1) is 12.5 Å². The molecule has 0 aromatic rings. The molecule has 5 nitrogen and oxygen atoms in total. The molecule has 96 valence electrons. The second kappa shape index (κ2) is 5.48. The maximum Gasteiger partial charge on any atom is 0.238 e. The molecule has 0 bridgehead atoms. The van der Waals surface area contributed by atoms with Gasteiger partial charge in [-0.25, -0.2) is 0 Å². The van der Waals surface area contributed by atoms with Crippen LogP contribution in [0.4, 0.5) is 0 Å². The summed E-state index contributed by atoms with van der Waals surface area (Å²) < 4.78 is 0. The highest BCUT2D eigenvalue weighted by Crippen LogP contribution is 2.17. The van der Waals surface area contributed by atoms with Crippen molar-refractivity contribution in [3.63, 3.8) is 0 Å². The van der Waals surface area contributed by atoms with Crippen LogP contribution in [0.1, 0.15) is 20.3 Å². The number of hydrogen-bond acceptors (Lipinski definition) is 4. The lowest BCUT2D eigenvalue weighted by Crippen LogP contribution is -2.65. The lowest BCUT2D eigenvalue weighted by atomic mass is 9.97. The molecule has 0 aliphatic carbocycles. The minimum atomic E-state index is -0.298. The van der Waals surface area contributed by atoms with Gasteiger partial charge >= 0.3 is 0 Å². The fourth-order valence-electron chi connectivity index (χ4n) is 2.11. The van der Waals surface area contributed by atoms with Crippen molar-refractivity contribution in [1.29, 1.82) is 5.26 Å². The largest absolute Gasteiger partial charge is 0.349 e. The fourth-order valence-corrected chi connectivity index (χ4v) is 2.11. The van der Waals surface area contributed by atoms with Gasteiger partial charge in [0.15, 0.2) is 0 Å². The van der Waals surface area contributed by atoms with E-state index >= 15 is 0 Å². The average molecular weight is 238 g/mol. The first-order valence-corrected chi connectivity index (χ1v) is 5.93. The molecule has 17 heavy (non-hydrogen) atoms. The third kappa shape index (κ3) is 3.99. The van der Waals surface area contributed by atoms with Gasteiger partial charge in [0.2, 0.25) is 5.91 Å². The minimum Gasteiger partial charge on any atom is -0.349 e. The summed E-state index contributed by atoms with van der Waals surface area (Å²) in [6.07, 6.45) is 0.259. The van der Waals surface area contributed by atoms with Crippen molar-refractivity contribution in [3.8, 4) is 6.07 Å². The van der Waals surface area contributed by atoms with Gasteiger partial charge in [-0.05, 0) is 27.9 Å². The number of carbonyl (C=O) groups excluding carboxylic acids is 1. The van der Waals surface area contributed by atoms with Crippen LogP contribution in [0.2, 0.25) is 0 Å². The molecule has 1 heterocycles. The van der Waals surface area contributed by atoms with E-state index in [0.29, 0.717) is 0 Å². The Hall–Kier alpha value is -1.12. The zero-order chi connectivity index (χ0) is 13.1. The number of amides is 1. The van der Waals surface area contributed by atoms with E-state index in [-0.39, 0.29) is 23.9 Å². The molecule has 1 aliphatic heterocycles. The van der Waals surface area contributed by atoms with E-state index in [1.165, 1.54) is 0 Å². The van der Waals surface area contributed by atoms with Crippen molar-refractivity contribution < 1.29 is 4.79 Å². The van der Waals surface area contributed by atoms with Crippen LogP contribution in [-0.4, -0.2) is 61.0 Å². The Morgan fingerprint density at radius 2 is 2.24 bits per heavy atom. The van der Waals surface area contributed by atoms with Crippen molar-refractivity contribution in [3.05, 3.63) is 0 Å². The molecule has 5 heteroatoms. The van der Waals surface area contributed by atoms with Crippen molar-refractivity contribution in [1.82, 2.24) is 15.1 Å². The van der Waals surface area contributed by atoms with E-state index in [1.807, 2.05) is 27.9 Å². The van der Waals surface area contributed by atoms with Gasteiger partial charge in [-0.1, -0.05) is 0 Å². The predicted octanol–water partition coefficient (Wildman–Crippen LogP) is 0.0407. The van der Waals surface area contributed by atoms with Crippen LogP contribution < -0.4 is 5.32 Å². The summed E-state index contributed by atoms with van der Waals surface area (Å²) >= 11 is 0. The number of nitriles is 1. The lowest BCUT2D eigenvalue weighted by Gasteiger charge is -2.43. The third-order valence-electron chi connectivity index (χ3n) is 2.92. The Morgan fingerprint density at radius 3 is 2.76 bits per heavy atom. The topological polar surface area (TPSA) is 59.4 Å². The number of carbonyl (C=O) groups is 1. The SMILES string of the molecule is CN(C)CCN1CC(C)(C)NC(=O)C1CC#N. The molecule has 0 aromatic carbocycles. The Bertz CT molecular complexity index is 319. The van der Waals surface area contributed by atoms with Crippen LogP contribution in [0.15, 0.2) is 0 Å². The molecule has 1 saturated heterocycles. The number of hydrogen-bond donors (Lipinski definition) is 1. The van der Waals surface area contributed by atoms with E-state index in [2.05, 4.69) is 21.2 Å². The number of nitrogens with one attached hydrogen (secondary N) is 1. The van der Waals surface area contributed by atoms with Gasteiger partial charge in [-0.15, -0.1) is 0 Å². The van der Waals surface area contributed by atoms with Gasteiger partial charge in [-0.2, -0.15) is 5.26 Å². The number of likely N-dealkylation sites (N-methyl/N-ethyl adjacent to an activating group) is 1. The van der Waals surface area contributed by atoms with Crippen molar-refractivity contribution >= 4 is 5.91 Å². The van der Waals surface area contributed by atoms with Gasteiger partial charge in [0.1, 0.15) is 6.04 Å². The summed E-state index contributed by atoms with van der Waals surface area (Å²) in [5, 5.41) is 11.8. The number of rotatable bonds is 4. The molecule has 0 spiro atoms. The summed E-state index contributed by atoms with van der Waals surface area (Å²) in [6, 6.07) is 1.80. The first kappa shape index (κ1) is 13.9. The zero-order valence-corrected chi connectivity index (χ0v) is 11.2. The summed E-state index contributed by atoms with van der Waals surface area (Å²) in [7, 11) is 4.02. The third-order valence-corrected chi connectivity index (χ3v) is 2.92. The molecule has 1 aliphatic rings. The molecule has 1 amide bonds. The monoisotopic (exact) mass is 238 g/mol. The molecule has 1 fully saturated rings. The number of piperazine rings is 1. The first-order valence-electron chi connectivity index (χ1n) is 5.93. The average Bonchev–Trinajstić information content (AvgIpc) is 2.18. The van der Waals surface area contributed by atoms with E-state index in [9.17, 15) is 4.79 Å². The van der Waals surface area contributed by atoms with E-state index < -0.39 is 0 Å². The van der Waals surface area contributed by atoms with Crippen LogP contribution in [-0.2, 0) is 4.79 Å². The van der Waals surface area contributed by atoms with Crippen molar-refractivity contribution in [2.24, 2.45) is 0 Å². The fraction of sp³-hybridized carbons (Fsp3) is 0.833. The van der Waals surface area contributed by atoms with Gasteiger partial charge in [0.25, 0.3) is 0 Å². The smallest absolute Gasteiger partial charge is 0.238 e. The van der Waals surface area contributed by atoms with Crippen LogP contribution in [0.5, 0.6) is 0 Å².